The zero-order valence-electron chi connectivity index (χ0n) is 14.2. The SMILES string of the molecule is CCc1nccn1CCC(=O)N1CCC2(CC1)C[C@@H](O)[C@@H](O)CO2. The number of aromatic nitrogens is 2. The van der Waals surface area contributed by atoms with Gasteiger partial charge in [-0.05, 0) is 12.8 Å². The van der Waals surface area contributed by atoms with Gasteiger partial charge in [-0.1, -0.05) is 6.92 Å². The molecule has 2 aliphatic rings. The highest BCUT2D eigenvalue weighted by Crippen LogP contribution is 2.35. The van der Waals surface area contributed by atoms with Crippen molar-refractivity contribution in [1.29, 1.82) is 0 Å². The van der Waals surface area contributed by atoms with Crippen LogP contribution < -0.4 is 0 Å². The van der Waals surface area contributed by atoms with Gasteiger partial charge in [-0.25, -0.2) is 4.98 Å². The minimum absolute atomic E-state index is 0.150. The van der Waals surface area contributed by atoms with E-state index in [-0.39, 0.29) is 18.1 Å². The highest BCUT2D eigenvalue weighted by Gasteiger charge is 2.43. The summed E-state index contributed by atoms with van der Waals surface area (Å²) in [4.78, 5) is 18.6. The molecule has 0 bridgehead atoms. The molecule has 0 saturated carbocycles. The monoisotopic (exact) mass is 337 g/mol. The van der Waals surface area contributed by atoms with Gasteiger partial charge in [-0.2, -0.15) is 0 Å². The van der Waals surface area contributed by atoms with Crippen LogP contribution >= 0.6 is 0 Å². The number of rotatable bonds is 4. The number of aryl methyl sites for hydroxylation is 2. The smallest absolute Gasteiger partial charge is 0.224 e. The summed E-state index contributed by atoms with van der Waals surface area (Å²) in [5, 5.41) is 19.5. The summed E-state index contributed by atoms with van der Waals surface area (Å²) < 4.78 is 7.84. The molecule has 0 unspecified atom stereocenters. The first-order valence-corrected chi connectivity index (χ1v) is 8.81. The molecule has 0 aromatic carbocycles. The van der Waals surface area contributed by atoms with Crippen molar-refractivity contribution in [3.63, 3.8) is 0 Å². The number of nitrogens with zero attached hydrogens (tertiary/aromatic N) is 3. The number of carbonyl (C=O) groups is 1. The lowest BCUT2D eigenvalue weighted by Gasteiger charge is -2.46. The van der Waals surface area contributed by atoms with Crippen LogP contribution in [0.5, 0.6) is 0 Å². The summed E-state index contributed by atoms with van der Waals surface area (Å²) in [6, 6.07) is 0. The second-order valence-corrected chi connectivity index (χ2v) is 6.85. The van der Waals surface area contributed by atoms with Gasteiger partial charge < -0.3 is 24.4 Å². The van der Waals surface area contributed by atoms with Crippen molar-refractivity contribution >= 4 is 5.91 Å². The molecule has 2 saturated heterocycles. The number of likely N-dealkylation sites (tertiary alicyclic amines) is 1. The maximum Gasteiger partial charge on any atom is 0.224 e. The zero-order chi connectivity index (χ0) is 17.2. The number of hydrogen-bond donors (Lipinski definition) is 2. The molecular weight excluding hydrogens is 310 g/mol. The van der Waals surface area contributed by atoms with E-state index in [1.54, 1.807) is 6.20 Å². The lowest BCUT2D eigenvalue weighted by atomic mass is 9.82. The second-order valence-electron chi connectivity index (χ2n) is 6.85. The molecule has 3 heterocycles. The van der Waals surface area contributed by atoms with Crippen molar-refractivity contribution in [2.45, 2.75) is 63.4 Å². The molecule has 1 aromatic rings. The lowest BCUT2D eigenvalue weighted by Crippen LogP contribution is -2.55. The lowest BCUT2D eigenvalue weighted by molar-refractivity contribution is -0.188. The highest BCUT2D eigenvalue weighted by molar-refractivity contribution is 5.76. The number of aliphatic hydroxyl groups is 2. The first-order chi connectivity index (χ1) is 11.5. The third-order valence-corrected chi connectivity index (χ3v) is 5.30. The first-order valence-electron chi connectivity index (χ1n) is 8.81. The minimum atomic E-state index is -0.793. The molecule has 0 radical (unpaired) electrons. The molecule has 0 aliphatic carbocycles. The molecule has 24 heavy (non-hydrogen) atoms. The van der Waals surface area contributed by atoms with Gasteiger partial charge in [0.25, 0.3) is 0 Å². The van der Waals surface area contributed by atoms with Gasteiger partial charge >= 0.3 is 0 Å². The Labute approximate surface area is 142 Å². The van der Waals surface area contributed by atoms with Crippen molar-refractivity contribution in [1.82, 2.24) is 14.5 Å². The molecule has 7 nitrogen and oxygen atoms in total. The van der Waals surface area contributed by atoms with Crippen molar-refractivity contribution < 1.29 is 19.7 Å². The Morgan fingerprint density at radius 2 is 2.12 bits per heavy atom. The van der Waals surface area contributed by atoms with Crippen LogP contribution in [0, 0.1) is 0 Å². The van der Waals surface area contributed by atoms with E-state index >= 15 is 0 Å². The minimum Gasteiger partial charge on any atom is -0.390 e. The molecule has 2 atom stereocenters. The van der Waals surface area contributed by atoms with Crippen LogP contribution in [0.2, 0.25) is 0 Å². The normalized spacial score (nSPS) is 26.7. The van der Waals surface area contributed by atoms with Gasteiger partial charge in [0.2, 0.25) is 5.91 Å². The molecule has 2 fully saturated rings. The van der Waals surface area contributed by atoms with Crippen LogP contribution in [0.25, 0.3) is 0 Å². The standard InChI is InChI=1S/C17H27N3O4/c1-2-15-18-6-10-19(15)7-3-16(23)20-8-4-17(5-9-20)11-13(21)14(22)12-24-17/h6,10,13-14,21-22H,2-5,7-9,11-12H2,1H3/t13-,14+/m1/s1. The van der Waals surface area contributed by atoms with Crippen LogP contribution in [0.3, 0.4) is 0 Å². The summed E-state index contributed by atoms with van der Waals surface area (Å²) in [6.07, 6.45) is 5.38. The van der Waals surface area contributed by atoms with Crippen molar-refractivity contribution in [3.8, 4) is 0 Å². The third-order valence-electron chi connectivity index (χ3n) is 5.30. The van der Waals surface area contributed by atoms with E-state index in [1.165, 1.54) is 0 Å². The average molecular weight is 337 g/mol. The van der Waals surface area contributed by atoms with E-state index in [0.717, 1.165) is 12.2 Å². The zero-order valence-corrected chi connectivity index (χ0v) is 14.2. The molecule has 2 aliphatic heterocycles. The van der Waals surface area contributed by atoms with E-state index in [2.05, 4.69) is 11.9 Å². The van der Waals surface area contributed by atoms with Crippen LogP contribution in [0.15, 0.2) is 12.4 Å². The predicted molar refractivity (Wildman–Crippen MR) is 87.3 cm³/mol. The van der Waals surface area contributed by atoms with E-state index in [1.807, 2.05) is 15.7 Å². The third kappa shape index (κ3) is 3.63. The van der Waals surface area contributed by atoms with Gasteiger partial charge in [0.15, 0.2) is 0 Å². The predicted octanol–water partition coefficient (Wildman–Crippen LogP) is 0.339. The Morgan fingerprint density at radius 1 is 1.38 bits per heavy atom. The number of aliphatic hydroxyl groups excluding tert-OH is 2. The Morgan fingerprint density at radius 3 is 2.79 bits per heavy atom. The Kier molecular flexibility index (Phi) is 5.22. The fourth-order valence-corrected chi connectivity index (χ4v) is 3.69. The average Bonchev–Trinajstić information content (AvgIpc) is 3.05. The largest absolute Gasteiger partial charge is 0.390 e. The van der Waals surface area contributed by atoms with E-state index < -0.39 is 12.2 Å². The van der Waals surface area contributed by atoms with Crippen molar-refractivity contribution in [2.24, 2.45) is 0 Å². The topological polar surface area (TPSA) is 87.8 Å². The van der Waals surface area contributed by atoms with Gasteiger partial charge in [0.1, 0.15) is 11.9 Å². The molecule has 134 valence electrons. The molecule has 1 spiro atoms. The highest BCUT2D eigenvalue weighted by atomic mass is 16.5. The van der Waals surface area contributed by atoms with Gasteiger partial charge in [-0.3, -0.25) is 4.79 Å². The molecule has 2 N–H and O–H groups in total. The van der Waals surface area contributed by atoms with Crippen LogP contribution in [0.4, 0.5) is 0 Å². The number of amides is 1. The van der Waals surface area contributed by atoms with Crippen LogP contribution in [-0.4, -0.2) is 68.1 Å². The molecule has 7 heteroatoms. The first kappa shape index (κ1) is 17.4. The summed E-state index contributed by atoms with van der Waals surface area (Å²) in [6.45, 7) is 4.18. The Hall–Kier alpha value is -1.44. The van der Waals surface area contributed by atoms with Gasteiger partial charge in [0.05, 0.1) is 18.3 Å². The van der Waals surface area contributed by atoms with Gasteiger partial charge in [0, 0.05) is 51.3 Å². The fourth-order valence-electron chi connectivity index (χ4n) is 3.69. The number of imidazole rings is 1. The molecule has 1 amide bonds. The second kappa shape index (κ2) is 7.21. The number of ether oxygens (including phenoxy) is 1. The number of piperidine rings is 1. The Bertz CT molecular complexity index is 566. The summed E-state index contributed by atoms with van der Waals surface area (Å²) in [5.74, 6) is 1.15. The quantitative estimate of drug-likeness (QED) is 0.827. The number of hydrogen-bond acceptors (Lipinski definition) is 5. The van der Waals surface area contributed by atoms with E-state index in [0.29, 0.717) is 45.3 Å². The van der Waals surface area contributed by atoms with Gasteiger partial charge in [-0.15, -0.1) is 0 Å². The maximum absolute atomic E-state index is 12.4. The van der Waals surface area contributed by atoms with Crippen molar-refractivity contribution in [2.75, 3.05) is 19.7 Å². The number of carbonyl (C=O) groups excluding carboxylic acids is 1. The summed E-state index contributed by atoms with van der Waals surface area (Å²) >= 11 is 0. The van der Waals surface area contributed by atoms with Crippen LogP contribution in [-0.2, 0) is 22.5 Å². The molecule has 3 rings (SSSR count). The van der Waals surface area contributed by atoms with E-state index in [9.17, 15) is 15.0 Å². The van der Waals surface area contributed by atoms with E-state index in [4.69, 9.17) is 4.74 Å². The maximum atomic E-state index is 12.4. The summed E-state index contributed by atoms with van der Waals surface area (Å²) in [5.41, 5.74) is -0.380. The Balaban J connectivity index is 1.48. The van der Waals surface area contributed by atoms with Crippen LogP contribution in [0.1, 0.15) is 38.4 Å². The fraction of sp³-hybridized carbons (Fsp3) is 0.765. The summed E-state index contributed by atoms with van der Waals surface area (Å²) in [7, 11) is 0. The van der Waals surface area contributed by atoms with Crippen molar-refractivity contribution in [3.05, 3.63) is 18.2 Å². The molecule has 1 aromatic heterocycles. The molecular formula is C17H27N3O4.